The highest BCUT2D eigenvalue weighted by Crippen LogP contribution is 2.46. The van der Waals surface area contributed by atoms with E-state index in [0.29, 0.717) is 22.7 Å². The molecule has 2 heterocycles. The number of carbonyl (C=O) groups excluding carboxylic acids is 1. The van der Waals surface area contributed by atoms with Crippen molar-refractivity contribution in [2.24, 2.45) is 11.8 Å². The van der Waals surface area contributed by atoms with Crippen molar-refractivity contribution in [1.82, 2.24) is 9.88 Å². The standard InChI is InChI=1S/C29H37N5O4.C2H4O/c1-4-22(23-18-33(13-12-19(23)2)17-20-8-6-5-7-9-20)27-24(30-3)16-32-29(28(27)34(37)38)31-15-21-10-11-25(35)26(36)14-21;1-2-3/h5-11,14,16,19,22-23,30,35-36H,4,12-13,15,17-18H2,1-3H3,(H,31,32);2H,1H3/t19?,22-,23?;/m0./s1. The smallest absolute Gasteiger partial charge is 0.316 e. The first kappa shape index (κ1) is 31.3. The van der Waals surface area contributed by atoms with Crippen LogP contribution in [0, 0.1) is 22.0 Å². The summed E-state index contributed by atoms with van der Waals surface area (Å²) in [7, 11) is 1.77. The van der Waals surface area contributed by atoms with Crippen molar-refractivity contribution in [3.63, 3.8) is 0 Å². The third kappa shape index (κ3) is 7.94. The van der Waals surface area contributed by atoms with Crippen molar-refractivity contribution in [1.29, 1.82) is 0 Å². The lowest BCUT2D eigenvalue weighted by Gasteiger charge is -2.41. The van der Waals surface area contributed by atoms with Gasteiger partial charge in [-0.1, -0.05) is 50.2 Å². The number of aldehydes is 1. The van der Waals surface area contributed by atoms with Crippen molar-refractivity contribution in [2.45, 2.75) is 52.6 Å². The van der Waals surface area contributed by atoms with Gasteiger partial charge in [-0.3, -0.25) is 15.0 Å². The summed E-state index contributed by atoms with van der Waals surface area (Å²) in [6.45, 7) is 8.75. The third-order valence-electron chi connectivity index (χ3n) is 7.72. The molecule has 1 aliphatic heterocycles. The highest BCUT2D eigenvalue weighted by atomic mass is 16.6. The summed E-state index contributed by atoms with van der Waals surface area (Å²) in [4.78, 5) is 27.9. The fourth-order valence-electron chi connectivity index (χ4n) is 5.67. The monoisotopic (exact) mass is 563 g/mol. The number of phenolic OH excluding ortho intramolecular Hbond substituents is 2. The van der Waals surface area contributed by atoms with Gasteiger partial charge in [0.15, 0.2) is 11.5 Å². The number of benzene rings is 2. The first-order chi connectivity index (χ1) is 19.7. The number of piperidine rings is 1. The van der Waals surface area contributed by atoms with Crippen LogP contribution in [0.2, 0.25) is 0 Å². The maximum Gasteiger partial charge on any atom is 0.316 e. The molecule has 4 rings (SSSR count). The van der Waals surface area contributed by atoms with E-state index in [0.717, 1.165) is 38.8 Å². The maximum atomic E-state index is 12.5. The minimum atomic E-state index is -0.336. The molecule has 0 bridgehead atoms. The van der Waals surface area contributed by atoms with E-state index >= 15 is 0 Å². The van der Waals surface area contributed by atoms with Gasteiger partial charge in [-0.05, 0) is 67.3 Å². The number of nitrogens with one attached hydrogen (secondary N) is 2. The molecule has 3 aromatic rings. The number of hydrogen-bond donors (Lipinski definition) is 4. The number of nitro groups is 1. The first-order valence-corrected chi connectivity index (χ1v) is 14.0. The Hall–Kier alpha value is -4.18. The van der Waals surface area contributed by atoms with Crippen LogP contribution in [-0.4, -0.2) is 51.4 Å². The summed E-state index contributed by atoms with van der Waals surface area (Å²) >= 11 is 0. The molecular formula is C31H41N5O5. The van der Waals surface area contributed by atoms with Gasteiger partial charge >= 0.3 is 5.69 Å². The highest BCUT2D eigenvalue weighted by Gasteiger charge is 2.38. The predicted molar refractivity (Wildman–Crippen MR) is 161 cm³/mol. The zero-order chi connectivity index (χ0) is 29.9. The minimum absolute atomic E-state index is 0.0147. The van der Waals surface area contributed by atoms with Crippen molar-refractivity contribution in [2.75, 3.05) is 30.8 Å². The van der Waals surface area contributed by atoms with Crippen LogP contribution in [-0.2, 0) is 17.9 Å². The van der Waals surface area contributed by atoms with Crippen molar-refractivity contribution < 1.29 is 19.9 Å². The Balaban J connectivity index is 0.00000147. The molecule has 0 amide bonds. The van der Waals surface area contributed by atoms with Crippen LogP contribution in [0.15, 0.2) is 54.7 Å². The molecule has 1 saturated heterocycles. The normalized spacial score (nSPS) is 17.6. The Morgan fingerprint density at radius 1 is 1.17 bits per heavy atom. The Kier molecular flexibility index (Phi) is 11.5. The van der Waals surface area contributed by atoms with Crippen LogP contribution in [0.1, 0.15) is 56.2 Å². The molecule has 1 aliphatic rings. The van der Waals surface area contributed by atoms with Crippen molar-refractivity contribution in [3.05, 3.63) is 81.5 Å². The number of likely N-dealkylation sites (tertiary alicyclic amines) is 1. The van der Waals surface area contributed by atoms with Gasteiger partial charge in [0.25, 0.3) is 0 Å². The van der Waals surface area contributed by atoms with Crippen LogP contribution >= 0.6 is 0 Å². The average Bonchev–Trinajstić information content (AvgIpc) is 2.96. The summed E-state index contributed by atoms with van der Waals surface area (Å²) in [6.07, 6.45) is 4.22. The van der Waals surface area contributed by atoms with E-state index in [-0.39, 0.29) is 46.3 Å². The fraction of sp³-hybridized carbons (Fsp3) is 0.419. The quantitative estimate of drug-likeness (QED) is 0.102. The molecule has 10 heteroatoms. The zero-order valence-corrected chi connectivity index (χ0v) is 24.2. The third-order valence-corrected chi connectivity index (χ3v) is 7.72. The molecule has 0 spiro atoms. The molecule has 0 saturated carbocycles. The van der Waals surface area contributed by atoms with Gasteiger partial charge in [-0.15, -0.1) is 0 Å². The molecule has 41 heavy (non-hydrogen) atoms. The number of hydrogen-bond acceptors (Lipinski definition) is 9. The summed E-state index contributed by atoms with van der Waals surface area (Å²) in [5.74, 6) is 0.364. The number of rotatable bonds is 10. The van der Waals surface area contributed by atoms with E-state index < -0.39 is 0 Å². The second kappa shape index (κ2) is 15.0. The van der Waals surface area contributed by atoms with E-state index in [9.17, 15) is 20.3 Å². The van der Waals surface area contributed by atoms with Crippen LogP contribution in [0.3, 0.4) is 0 Å². The lowest BCUT2D eigenvalue weighted by molar-refractivity contribution is -0.385. The molecule has 1 fully saturated rings. The average molecular weight is 564 g/mol. The lowest BCUT2D eigenvalue weighted by Crippen LogP contribution is -2.41. The van der Waals surface area contributed by atoms with E-state index in [1.54, 1.807) is 19.3 Å². The topological polar surface area (TPSA) is 141 Å². The molecule has 10 nitrogen and oxygen atoms in total. The predicted octanol–water partition coefficient (Wildman–Crippen LogP) is 5.91. The Morgan fingerprint density at radius 2 is 1.88 bits per heavy atom. The van der Waals surface area contributed by atoms with E-state index in [4.69, 9.17) is 4.79 Å². The van der Waals surface area contributed by atoms with E-state index in [1.807, 2.05) is 6.07 Å². The Labute approximate surface area is 241 Å². The number of carbonyl (C=O) groups is 1. The van der Waals surface area contributed by atoms with Gasteiger partial charge in [-0.2, -0.15) is 0 Å². The summed E-state index contributed by atoms with van der Waals surface area (Å²) in [5.41, 5.74) is 3.28. The maximum absolute atomic E-state index is 12.5. The van der Waals surface area contributed by atoms with Crippen molar-refractivity contribution >= 4 is 23.5 Å². The number of aromatic hydroxyl groups is 2. The summed E-state index contributed by atoms with van der Waals surface area (Å²) in [5, 5.41) is 38.2. The second-order valence-corrected chi connectivity index (χ2v) is 10.4. The van der Waals surface area contributed by atoms with E-state index in [2.05, 4.69) is 58.6 Å². The van der Waals surface area contributed by atoms with Crippen molar-refractivity contribution in [3.8, 4) is 11.5 Å². The van der Waals surface area contributed by atoms with Crippen LogP contribution in [0.5, 0.6) is 11.5 Å². The summed E-state index contributed by atoms with van der Waals surface area (Å²) < 4.78 is 0. The Bertz CT molecular complexity index is 1300. The lowest BCUT2D eigenvalue weighted by atomic mass is 9.73. The van der Waals surface area contributed by atoms with Gasteiger partial charge in [0.1, 0.15) is 6.29 Å². The van der Waals surface area contributed by atoms with Gasteiger partial charge < -0.3 is 25.6 Å². The van der Waals surface area contributed by atoms with Gasteiger partial charge in [-0.25, -0.2) is 4.98 Å². The number of phenols is 2. The molecule has 0 aliphatic carbocycles. The molecular weight excluding hydrogens is 522 g/mol. The largest absolute Gasteiger partial charge is 0.504 e. The van der Waals surface area contributed by atoms with Crippen LogP contribution < -0.4 is 10.6 Å². The number of anilines is 2. The fourth-order valence-corrected chi connectivity index (χ4v) is 5.67. The zero-order valence-electron chi connectivity index (χ0n) is 24.2. The van der Waals surface area contributed by atoms with Crippen LogP contribution in [0.4, 0.5) is 17.2 Å². The number of pyridine rings is 1. The molecule has 0 radical (unpaired) electrons. The Morgan fingerprint density at radius 3 is 2.49 bits per heavy atom. The second-order valence-electron chi connectivity index (χ2n) is 10.4. The molecule has 220 valence electrons. The molecule has 2 aromatic carbocycles. The first-order valence-electron chi connectivity index (χ1n) is 14.0. The number of aromatic nitrogens is 1. The SMILES string of the molecule is CC=O.CC[C@H](c1c(NC)cnc(NCc2ccc(O)c(O)c2)c1[N+](=O)[O-])C1CN(Cc2ccccc2)CCC1C. The minimum Gasteiger partial charge on any atom is -0.504 e. The van der Waals surface area contributed by atoms with Crippen LogP contribution in [0.25, 0.3) is 0 Å². The summed E-state index contributed by atoms with van der Waals surface area (Å²) in [6, 6.07) is 14.9. The highest BCUT2D eigenvalue weighted by molar-refractivity contribution is 5.71. The van der Waals surface area contributed by atoms with E-state index in [1.165, 1.54) is 24.6 Å². The molecule has 1 aromatic heterocycles. The molecule has 3 atom stereocenters. The number of nitrogens with zero attached hydrogens (tertiary/aromatic N) is 3. The van der Waals surface area contributed by atoms with Gasteiger partial charge in [0.05, 0.1) is 22.4 Å². The molecule has 2 unspecified atom stereocenters. The van der Waals surface area contributed by atoms with Gasteiger partial charge in [0, 0.05) is 26.7 Å². The molecule has 4 N–H and O–H groups in total. The van der Waals surface area contributed by atoms with Gasteiger partial charge in [0.2, 0.25) is 5.82 Å².